The normalized spacial score (nSPS) is 22.2. The number of ether oxygens (including phenoxy) is 1. The van der Waals surface area contributed by atoms with Gasteiger partial charge in [-0.05, 0) is 51.8 Å². The summed E-state index contributed by atoms with van der Waals surface area (Å²) in [5, 5.41) is 0. The summed E-state index contributed by atoms with van der Waals surface area (Å²) in [5.74, 6) is 0.191. The molecule has 2 aliphatic rings. The van der Waals surface area contributed by atoms with Gasteiger partial charge in [0.15, 0.2) is 0 Å². The molecule has 0 unspecified atom stereocenters. The molecule has 2 fully saturated rings. The van der Waals surface area contributed by atoms with Crippen LogP contribution in [0.15, 0.2) is 12.1 Å². The van der Waals surface area contributed by atoms with Crippen molar-refractivity contribution in [3.05, 3.63) is 21.9 Å². The molecule has 0 saturated carbocycles. The number of piperidine rings is 2. The Labute approximate surface area is 137 Å². The van der Waals surface area contributed by atoms with Crippen LogP contribution in [0.25, 0.3) is 0 Å². The Hall–Kier alpha value is -0.910. The molecule has 5 heteroatoms. The Bertz CT molecular complexity index is 501. The van der Waals surface area contributed by atoms with E-state index >= 15 is 0 Å². The quantitative estimate of drug-likeness (QED) is 0.858. The van der Waals surface area contributed by atoms with Crippen molar-refractivity contribution in [2.24, 2.45) is 0 Å². The fourth-order valence-electron chi connectivity index (χ4n) is 3.29. The van der Waals surface area contributed by atoms with Gasteiger partial charge in [-0.1, -0.05) is 0 Å². The summed E-state index contributed by atoms with van der Waals surface area (Å²) in [5.41, 5.74) is 0. The standard InChI is InChI=1S/C17H26N2O2S/c1-13-3-4-16(22-13)17(20)19-11-7-15(8-12-19)21-14-5-9-18(2)10-6-14/h3-4,14-15H,5-12H2,1-2H3. The summed E-state index contributed by atoms with van der Waals surface area (Å²) in [4.78, 5) is 18.9. The minimum absolute atomic E-state index is 0.191. The van der Waals surface area contributed by atoms with Crippen LogP contribution in [0.5, 0.6) is 0 Å². The molecule has 1 aromatic heterocycles. The van der Waals surface area contributed by atoms with Crippen LogP contribution in [0.1, 0.15) is 40.2 Å². The smallest absolute Gasteiger partial charge is 0.263 e. The molecule has 0 bridgehead atoms. The molecule has 2 saturated heterocycles. The monoisotopic (exact) mass is 322 g/mol. The largest absolute Gasteiger partial charge is 0.375 e. The van der Waals surface area contributed by atoms with Crippen LogP contribution in [0.2, 0.25) is 0 Å². The van der Waals surface area contributed by atoms with Crippen LogP contribution in [-0.2, 0) is 4.74 Å². The van der Waals surface area contributed by atoms with Gasteiger partial charge in [-0.2, -0.15) is 0 Å². The number of carbonyl (C=O) groups is 1. The maximum Gasteiger partial charge on any atom is 0.263 e. The van der Waals surface area contributed by atoms with E-state index in [0.29, 0.717) is 12.2 Å². The number of nitrogens with zero attached hydrogens (tertiary/aromatic N) is 2. The van der Waals surface area contributed by atoms with E-state index < -0.39 is 0 Å². The highest BCUT2D eigenvalue weighted by molar-refractivity contribution is 7.13. The maximum atomic E-state index is 12.4. The molecule has 4 nitrogen and oxygen atoms in total. The molecule has 0 aromatic carbocycles. The number of thiophene rings is 1. The zero-order chi connectivity index (χ0) is 15.5. The first-order valence-electron chi connectivity index (χ1n) is 8.31. The predicted molar refractivity (Wildman–Crippen MR) is 89.6 cm³/mol. The Morgan fingerprint density at radius 2 is 1.68 bits per heavy atom. The van der Waals surface area contributed by atoms with Crippen molar-refractivity contribution < 1.29 is 9.53 Å². The molecule has 2 aliphatic heterocycles. The van der Waals surface area contributed by atoms with Gasteiger partial charge in [0.2, 0.25) is 0 Å². The lowest BCUT2D eigenvalue weighted by Crippen LogP contribution is -2.43. The summed E-state index contributed by atoms with van der Waals surface area (Å²) in [6.07, 6.45) is 4.99. The second kappa shape index (κ2) is 7.11. The number of rotatable bonds is 3. The summed E-state index contributed by atoms with van der Waals surface area (Å²) in [6, 6.07) is 3.97. The Balaban J connectivity index is 1.45. The van der Waals surface area contributed by atoms with Crippen molar-refractivity contribution >= 4 is 17.2 Å². The molecule has 3 heterocycles. The topological polar surface area (TPSA) is 32.8 Å². The second-order valence-electron chi connectivity index (χ2n) is 6.54. The molecule has 22 heavy (non-hydrogen) atoms. The predicted octanol–water partition coefficient (Wildman–Crippen LogP) is 2.77. The molecule has 1 amide bonds. The van der Waals surface area contributed by atoms with Gasteiger partial charge in [-0.15, -0.1) is 11.3 Å². The van der Waals surface area contributed by atoms with Crippen molar-refractivity contribution in [1.29, 1.82) is 0 Å². The van der Waals surface area contributed by atoms with E-state index in [9.17, 15) is 4.79 Å². The molecule has 1 aromatic rings. The second-order valence-corrected chi connectivity index (χ2v) is 7.83. The molecule has 0 radical (unpaired) electrons. The van der Waals surface area contributed by atoms with Crippen molar-refractivity contribution in [3.63, 3.8) is 0 Å². The van der Waals surface area contributed by atoms with Crippen LogP contribution < -0.4 is 0 Å². The Morgan fingerprint density at radius 3 is 2.23 bits per heavy atom. The average Bonchev–Trinajstić information content (AvgIpc) is 2.96. The molecule has 3 rings (SSSR count). The lowest BCUT2D eigenvalue weighted by Gasteiger charge is -2.36. The molecule has 0 aliphatic carbocycles. The van der Waals surface area contributed by atoms with Gasteiger partial charge < -0.3 is 14.5 Å². The number of amides is 1. The molecule has 0 spiro atoms. The van der Waals surface area contributed by atoms with Crippen LogP contribution in [-0.4, -0.2) is 61.1 Å². The first-order valence-corrected chi connectivity index (χ1v) is 9.13. The first kappa shape index (κ1) is 16.0. The van der Waals surface area contributed by atoms with E-state index in [2.05, 4.69) is 11.9 Å². The fraction of sp³-hybridized carbons (Fsp3) is 0.706. The molecular formula is C17H26N2O2S. The van der Waals surface area contributed by atoms with Gasteiger partial charge in [0.1, 0.15) is 0 Å². The maximum absolute atomic E-state index is 12.4. The average molecular weight is 322 g/mol. The fourth-order valence-corrected chi connectivity index (χ4v) is 4.13. The Kier molecular flexibility index (Phi) is 5.16. The lowest BCUT2D eigenvalue weighted by atomic mass is 10.0. The molecule has 122 valence electrons. The van der Waals surface area contributed by atoms with Crippen molar-refractivity contribution in [3.8, 4) is 0 Å². The third-order valence-electron chi connectivity index (χ3n) is 4.73. The number of hydrogen-bond acceptors (Lipinski definition) is 4. The van der Waals surface area contributed by atoms with Gasteiger partial charge in [0.05, 0.1) is 17.1 Å². The summed E-state index contributed by atoms with van der Waals surface area (Å²) < 4.78 is 6.26. The zero-order valence-electron chi connectivity index (χ0n) is 13.6. The van der Waals surface area contributed by atoms with Crippen molar-refractivity contribution in [1.82, 2.24) is 9.80 Å². The van der Waals surface area contributed by atoms with Gasteiger partial charge in [0, 0.05) is 31.1 Å². The van der Waals surface area contributed by atoms with Crippen LogP contribution in [0.3, 0.4) is 0 Å². The number of likely N-dealkylation sites (tertiary alicyclic amines) is 2. The molecular weight excluding hydrogens is 296 g/mol. The van der Waals surface area contributed by atoms with Crippen molar-refractivity contribution in [2.75, 3.05) is 33.2 Å². The minimum Gasteiger partial charge on any atom is -0.375 e. The number of aryl methyl sites for hydroxylation is 1. The third kappa shape index (κ3) is 3.89. The number of hydrogen-bond donors (Lipinski definition) is 0. The first-order chi connectivity index (χ1) is 10.6. The van der Waals surface area contributed by atoms with E-state index in [0.717, 1.165) is 56.7 Å². The van der Waals surface area contributed by atoms with Gasteiger partial charge in [-0.25, -0.2) is 0 Å². The highest BCUT2D eigenvalue weighted by Gasteiger charge is 2.27. The Morgan fingerprint density at radius 1 is 1.09 bits per heavy atom. The third-order valence-corrected chi connectivity index (χ3v) is 5.72. The van der Waals surface area contributed by atoms with Gasteiger partial charge in [0.25, 0.3) is 5.91 Å². The minimum atomic E-state index is 0.191. The highest BCUT2D eigenvalue weighted by atomic mass is 32.1. The van der Waals surface area contributed by atoms with E-state index in [1.807, 2.05) is 24.0 Å². The van der Waals surface area contributed by atoms with E-state index in [4.69, 9.17) is 4.74 Å². The summed E-state index contributed by atoms with van der Waals surface area (Å²) >= 11 is 1.59. The van der Waals surface area contributed by atoms with Crippen LogP contribution in [0.4, 0.5) is 0 Å². The molecule has 0 atom stereocenters. The molecule has 0 N–H and O–H groups in total. The van der Waals surface area contributed by atoms with Gasteiger partial charge in [-0.3, -0.25) is 4.79 Å². The SMILES string of the molecule is Cc1ccc(C(=O)N2CCC(OC3CCN(C)CC3)CC2)s1. The van der Waals surface area contributed by atoms with Gasteiger partial charge >= 0.3 is 0 Å². The summed E-state index contributed by atoms with van der Waals surface area (Å²) in [7, 11) is 2.17. The van der Waals surface area contributed by atoms with Crippen molar-refractivity contribution in [2.45, 2.75) is 44.8 Å². The number of carbonyl (C=O) groups excluding carboxylic acids is 1. The summed E-state index contributed by atoms with van der Waals surface area (Å²) in [6.45, 7) is 5.97. The van der Waals surface area contributed by atoms with Crippen LogP contribution in [0, 0.1) is 6.92 Å². The zero-order valence-corrected chi connectivity index (χ0v) is 14.4. The lowest BCUT2D eigenvalue weighted by molar-refractivity contribution is -0.0599. The highest BCUT2D eigenvalue weighted by Crippen LogP contribution is 2.23. The van der Waals surface area contributed by atoms with E-state index in [1.54, 1.807) is 11.3 Å². The van der Waals surface area contributed by atoms with Crippen LogP contribution >= 0.6 is 11.3 Å². The van der Waals surface area contributed by atoms with E-state index in [1.165, 1.54) is 4.88 Å². The van der Waals surface area contributed by atoms with E-state index in [-0.39, 0.29) is 5.91 Å².